The summed E-state index contributed by atoms with van der Waals surface area (Å²) in [5.74, 6) is -0.251. The molecule has 0 saturated carbocycles. The van der Waals surface area contributed by atoms with E-state index in [1.54, 1.807) is 18.3 Å². The molecule has 1 atom stereocenters. The summed E-state index contributed by atoms with van der Waals surface area (Å²) in [6, 6.07) is 6.22. The maximum absolute atomic E-state index is 12.8. The number of nitrogens with one attached hydrogen (secondary N) is 2. The number of aliphatic hydroxyl groups is 1. The Bertz CT molecular complexity index is 515. The van der Waals surface area contributed by atoms with Crippen LogP contribution < -0.4 is 5.32 Å². The van der Waals surface area contributed by atoms with Crippen molar-refractivity contribution in [3.8, 4) is 0 Å². The normalized spacial score (nSPS) is 12.6. The SMILES string of the molecule is OCC(Cc1ccc(F)cc1)NCc1[nH]ncc1Br. The molecule has 102 valence electrons. The van der Waals surface area contributed by atoms with Crippen molar-refractivity contribution in [3.05, 3.63) is 52.0 Å². The Hall–Kier alpha value is -1.24. The number of H-pyrrole nitrogens is 1. The zero-order chi connectivity index (χ0) is 13.7. The third-order valence-corrected chi connectivity index (χ3v) is 3.53. The summed E-state index contributed by atoms with van der Waals surface area (Å²) in [5.41, 5.74) is 1.91. The average Bonchev–Trinajstić information content (AvgIpc) is 2.82. The lowest BCUT2D eigenvalue weighted by Gasteiger charge is -2.16. The van der Waals surface area contributed by atoms with E-state index in [9.17, 15) is 9.50 Å². The molecule has 0 bridgehead atoms. The molecule has 1 heterocycles. The van der Waals surface area contributed by atoms with E-state index >= 15 is 0 Å². The van der Waals surface area contributed by atoms with Crippen LogP contribution in [-0.2, 0) is 13.0 Å². The molecule has 1 aromatic carbocycles. The third kappa shape index (κ3) is 4.12. The van der Waals surface area contributed by atoms with Crippen LogP contribution in [0.25, 0.3) is 0 Å². The Morgan fingerprint density at radius 3 is 2.68 bits per heavy atom. The Morgan fingerprint density at radius 2 is 2.11 bits per heavy atom. The van der Waals surface area contributed by atoms with Crippen LogP contribution >= 0.6 is 15.9 Å². The smallest absolute Gasteiger partial charge is 0.123 e. The summed E-state index contributed by atoms with van der Waals surface area (Å²) in [6.45, 7) is 0.593. The summed E-state index contributed by atoms with van der Waals surface area (Å²) < 4.78 is 13.7. The van der Waals surface area contributed by atoms with Gasteiger partial charge in [-0.25, -0.2) is 4.39 Å². The minimum atomic E-state index is -0.251. The maximum Gasteiger partial charge on any atom is 0.123 e. The molecule has 0 aliphatic heterocycles. The van der Waals surface area contributed by atoms with Crippen LogP contribution in [0.3, 0.4) is 0 Å². The Kier molecular flexibility index (Phi) is 5.07. The number of aliphatic hydroxyl groups excluding tert-OH is 1. The minimum absolute atomic E-state index is 0.0170. The van der Waals surface area contributed by atoms with E-state index in [-0.39, 0.29) is 18.5 Å². The molecular formula is C13H15BrFN3O. The molecule has 0 radical (unpaired) electrons. The Morgan fingerprint density at radius 1 is 1.37 bits per heavy atom. The molecule has 0 aliphatic rings. The highest BCUT2D eigenvalue weighted by atomic mass is 79.9. The van der Waals surface area contributed by atoms with Crippen LogP contribution in [-0.4, -0.2) is 28.0 Å². The first-order chi connectivity index (χ1) is 9.19. The number of aromatic amines is 1. The highest BCUT2D eigenvalue weighted by Crippen LogP contribution is 2.12. The first-order valence-corrected chi connectivity index (χ1v) is 6.74. The van der Waals surface area contributed by atoms with E-state index in [1.165, 1.54) is 12.1 Å². The molecule has 3 N–H and O–H groups in total. The van der Waals surface area contributed by atoms with E-state index in [2.05, 4.69) is 31.4 Å². The number of rotatable bonds is 6. The number of hydrogen-bond donors (Lipinski definition) is 3. The van der Waals surface area contributed by atoms with Crippen molar-refractivity contribution in [1.29, 1.82) is 0 Å². The van der Waals surface area contributed by atoms with E-state index in [1.807, 2.05) is 0 Å². The van der Waals surface area contributed by atoms with E-state index in [4.69, 9.17) is 0 Å². The third-order valence-electron chi connectivity index (χ3n) is 2.85. The van der Waals surface area contributed by atoms with Crippen molar-refractivity contribution in [1.82, 2.24) is 15.5 Å². The second-order valence-corrected chi connectivity index (χ2v) is 5.14. The molecule has 0 amide bonds. The number of aromatic nitrogens is 2. The molecule has 19 heavy (non-hydrogen) atoms. The topological polar surface area (TPSA) is 60.9 Å². The van der Waals surface area contributed by atoms with Crippen LogP contribution in [0.5, 0.6) is 0 Å². The lowest BCUT2D eigenvalue weighted by molar-refractivity contribution is 0.240. The fourth-order valence-corrected chi connectivity index (χ4v) is 2.11. The van der Waals surface area contributed by atoms with Crippen LogP contribution in [0.4, 0.5) is 4.39 Å². The van der Waals surface area contributed by atoms with Crippen molar-refractivity contribution in [2.45, 2.75) is 19.0 Å². The molecule has 4 nitrogen and oxygen atoms in total. The van der Waals surface area contributed by atoms with Gasteiger partial charge in [0.05, 0.1) is 23.0 Å². The molecule has 2 aromatic rings. The molecule has 0 aliphatic carbocycles. The second-order valence-electron chi connectivity index (χ2n) is 4.29. The summed E-state index contributed by atoms with van der Waals surface area (Å²) in [7, 11) is 0. The van der Waals surface area contributed by atoms with Gasteiger partial charge in [-0.2, -0.15) is 5.10 Å². The zero-order valence-corrected chi connectivity index (χ0v) is 11.8. The number of benzene rings is 1. The highest BCUT2D eigenvalue weighted by Gasteiger charge is 2.10. The average molecular weight is 328 g/mol. The fraction of sp³-hybridized carbons (Fsp3) is 0.308. The molecule has 0 saturated heterocycles. The van der Waals surface area contributed by atoms with Gasteiger partial charge in [-0.3, -0.25) is 5.10 Å². The fourth-order valence-electron chi connectivity index (χ4n) is 1.77. The number of hydrogen-bond acceptors (Lipinski definition) is 3. The van der Waals surface area contributed by atoms with Gasteiger partial charge >= 0.3 is 0 Å². The molecule has 6 heteroatoms. The molecule has 1 unspecified atom stereocenters. The van der Waals surface area contributed by atoms with E-state index in [0.29, 0.717) is 13.0 Å². The van der Waals surface area contributed by atoms with Crippen LogP contribution in [0.2, 0.25) is 0 Å². The van der Waals surface area contributed by atoms with Crippen molar-refractivity contribution in [2.24, 2.45) is 0 Å². The van der Waals surface area contributed by atoms with Gasteiger partial charge < -0.3 is 10.4 Å². The maximum atomic E-state index is 12.8. The standard InChI is InChI=1S/C13H15BrFN3O/c14-12-6-17-18-13(12)7-16-11(8-19)5-9-1-3-10(15)4-2-9/h1-4,6,11,16,19H,5,7-8H2,(H,17,18). The first-order valence-electron chi connectivity index (χ1n) is 5.95. The predicted molar refractivity (Wildman–Crippen MR) is 74.1 cm³/mol. The van der Waals surface area contributed by atoms with Gasteiger partial charge in [0.15, 0.2) is 0 Å². The van der Waals surface area contributed by atoms with Crippen molar-refractivity contribution >= 4 is 15.9 Å². The number of nitrogens with zero attached hydrogens (tertiary/aromatic N) is 1. The van der Waals surface area contributed by atoms with Crippen molar-refractivity contribution < 1.29 is 9.50 Å². The Balaban J connectivity index is 1.90. The summed E-state index contributed by atoms with van der Waals surface area (Å²) in [6.07, 6.45) is 2.33. The van der Waals surface area contributed by atoms with E-state index in [0.717, 1.165) is 15.7 Å². The van der Waals surface area contributed by atoms with Crippen LogP contribution in [0, 0.1) is 5.82 Å². The van der Waals surface area contributed by atoms with Crippen LogP contribution in [0.15, 0.2) is 34.9 Å². The summed E-state index contributed by atoms with van der Waals surface area (Å²) in [5, 5.41) is 19.4. The van der Waals surface area contributed by atoms with Gasteiger partial charge in [-0.15, -0.1) is 0 Å². The molecule has 0 spiro atoms. The first kappa shape index (κ1) is 14.2. The molecule has 1 aromatic heterocycles. The van der Waals surface area contributed by atoms with Gasteiger partial charge in [0.2, 0.25) is 0 Å². The molecule has 0 fully saturated rings. The molecular weight excluding hydrogens is 313 g/mol. The van der Waals surface area contributed by atoms with Crippen molar-refractivity contribution in [3.63, 3.8) is 0 Å². The lowest BCUT2D eigenvalue weighted by Crippen LogP contribution is -2.34. The summed E-state index contributed by atoms with van der Waals surface area (Å²) in [4.78, 5) is 0. The van der Waals surface area contributed by atoms with Gasteiger partial charge in [0, 0.05) is 12.6 Å². The second kappa shape index (κ2) is 6.79. The predicted octanol–water partition coefficient (Wildman–Crippen LogP) is 2.00. The van der Waals surface area contributed by atoms with Gasteiger partial charge in [0.1, 0.15) is 5.82 Å². The largest absolute Gasteiger partial charge is 0.395 e. The highest BCUT2D eigenvalue weighted by molar-refractivity contribution is 9.10. The summed E-state index contributed by atoms with van der Waals surface area (Å²) >= 11 is 3.38. The number of halogens is 2. The lowest BCUT2D eigenvalue weighted by atomic mass is 10.1. The van der Waals surface area contributed by atoms with Gasteiger partial charge in [0.25, 0.3) is 0 Å². The Labute approximate surface area is 119 Å². The van der Waals surface area contributed by atoms with Gasteiger partial charge in [-0.1, -0.05) is 12.1 Å². The van der Waals surface area contributed by atoms with Crippen LogP contribution in [0.1, 0.15) is 11.3 Å². The van der Waals surface area contributed by atoms with Gasteiger partial charge in [-0.05, 0) is 40.0 Å². The van der Waals surface area contributed by atoms with E-state index < -0.39 is 0 Å². The van der Waals surface area contributed by atoms with Crippen molar-refractivity contribution in [2.75, 3.05) is 6.61 Å². The molecule has 2 rings (SSSR count). The monoisotopic (exact) mass is 327 g/mol. The minimum Gasteiger partial charge on any atom is -0.395 e. The quantitative estimate of drug-likeness (QED) is 0.760. The zero-order valence-electron chi connectivity index (χ0n) is 10.2.